The van der Waals surface area contributed by atoms with Crippen LogP contribution in [0.3, 0.4) is 0 Å². The molecule has 1 aliphatic carbocycles. The Morgan fingerprint density at radius 1 is 1.14 bits per heavy atom. The van der Waals surface area contributed by atoms with Crippen LogP contribution in [0.15, 0.2) is 54.7 Å². The third-order valence-electron chi connectivity index (χ3n) is 5.91. The maximum Gasteiger partial charge on any atom is 0.259 e. The van der Waals surface area contributed by atoms with Crippen LogP contribution in [0.4, 0.5) is 5.69 Å². The maximum absolute atomic E-state index is 13.4. The zero-order chi connectivity index (χ0) is 24.5. The normalized spacial score (nSPS) is 13.0. The monoisotopic (exact) mass is 470 g/mol. The number of aryl methyl sites for hydroxylation is 1. The molecule has 3 heterocycles. The summed E-state index contributed by atoms with van der Waals surface area (Å²) in [6.07, 6.45) is 3.84. The highest BCUT2D eigenvalue weighted by atomic mass is 16.5. The van der Waals surface area contributed by atoms with Gasteiger partial charge in [-0.2, -0.15) is 9.78 Å². The number of benzene rings is 1. The van der Waals surface area contributed by atoms with Crippen LogP contribution in [0.1, 0.15) is 40.5 Å². The summed E-state index contributed by atoms with van der Waals surface area (Å²) in [5.74, 6) is 1.20. The fourth-order valence-corrected chi connectivity index (χ4v) is 3.82. The van der Waals surface area contributed by atoms with E-state index in [1.54, 1.807) is 49.2 Å². The second-order valence-electron chi connectivity index (χ2n) is 8.81. The zero-order valence-corrected chi connectivity index (χ0v) is 19.9. The predicted octanol–water partition coefficient (Wildman–Crippen LogP) is 3.72. The fourth-order valence-electron chi connectivity index (χ4n) is 3.82. The van der Waals surface area contributed by atoms with Crippen molar-refractivity contribution >= 4 is 28.5 Å². The number of fused-ring (bicyclic) bond motifs is 1. The first-order valence-electron chi connectivity index (χ1n) is 11.5. The van der Waals surface area contributed by atoms with Crippen molar-refractivity contribution in [2.24, 2.45) is 0 Å². The van der Waals surface area contributed by atoms with Crippen molar-refractivity contribution in [2.45, 2.75) is 25.7 Å². The molecular weight excluding hydrogens is 444 g/mol. The van der Waals surface area contributed by atoms with Gasteiger partial charge >= 0.3 is 0 Å². The summed E-state index contributed by atoms with van der Waals surface area (Å²) in [7, 11) is 3.35. The Bertz CT molecular complexity index is 1390. The fraction of sp³-hybridized carbons (Fsp3) is 0.269. The van der Waals surface area contributed by atoms with E-state index in [0.717, 1.165) is 18.5 Å². The van der Waals surface area contributed by atoms with Crippen LogP contribution in [0.5, 0.6) is 5.75 Å². The smallest absolute Gasteiger partial charge is 0.259 e. The first kappa shape index (κ1) is 22.5. The van der Waals surface area contributed by atoms with Gasteiger partial charge in [-0.25, -0.2) is 9.97 Å². The molecule has 0 unspecified atom stereocenters. The Morgan fingerprint density at radius 3 is 2.57 bits per heavy atom. The minimum atomic E-state index is -0.237. The summed E-state index contributed by atoms with van der Waals surface area (Å²) < 4.78 is 7.21. The van der Waals surface area contributed by atoms with Gasteiger partial charge in [-0.3, -0.25) is 9.59 Å². The van der Waals surface area contributed by atoms with E-state index in [2.05, 4.69) is 15.4 Å². The third kappa shape index (κ3) is 4.70. The number of hydrogen-bond acceptors (Lipinski definition) is 6. The highest BCUT2D eigenvalue weighted by Crippen LogP contribution is 2.40. The summed E-state index contributed by atoms with van der Waals surface area (Å²) in [5.41, 5.74) is 3.39. The van der Waals surface area contributed by atoms with E-state index in [0.29, 0.717) is 45.5 Å². The van der Waals surface area contributed by atoms with Crippen molar-refractivity contribution in [2.75, 3.05) is 26.0 Å². The molecule has 2 amide bonds. The van der Waals surface area contributed by atoms with E-state index in [1.165, 1.54) is 4.90 Å². The number of carbonyl (C=O) groups is 2. The summed E-state index contributed by atoms with van der Waals surface area (Å²) in [5, 5.41) is 8.34. The quantitative estimate of drug-likeness (QED) is 0.442. The van der Waals surface area contributed by atoms with Crippen molar-refractivity contribution < 1.29 is 14.3 Å². The Labute approximate surface area is 202 Å². The molecule has 5 rings (SSSR count). The number of ether oxygens (including phenoxy) is 1. The molecule has 1 aromatic carbocycles. The van der Waals surface area contributed by atoms with Gasteiger partial charge in [-0.05, 0) is 62.2 Å². The molecule has 1 fully saturated rings. The Balaban J connectivity index is 1.44. The van der Waals surface area contributed by atoms with E-state index in [9.17, 15) is 9.59 Å². The summed E-state index contributed by atoms with van der Waals surface area (Å²) in [6, 6.07) is 14.4. The lowest BCUT2D eigenvalue weighted by Crippen LogP contribution is -2.27. The molecule has 9 nitrogen and oxygen atoms in total. The van der Waals surface area contributed by atoms with Crippen LogP contribution in [-0.2, 0) is 4.79 Å². The van der Waals surface area contributed by atoms with Crippen LogP contribution in [0, 0.1) is 6.92 Å². The number of amides is 2. The van der Waals surface area contributed by atoms with Crippen LogP contribution < -0.4 is 10.1 Å². The number of nitrogens with one attached hydrogen (secondary N) is 1. The number of nitrogens with zero attached hydrogens (tertiary/aromatic N) is 5. The van der Waals surface area contributed by atoms with Crippen molar-refractivity contribution in [3.05, 3.63) is 71.7 Å². The van der Waals surface area contributed by atoms with Crippen LogP contribution in [0.2, 0.25) is 0 Å². The second-order valence-corrected chi connectivity index (χ2v) is 8.81. The Morgan fingerprint density at radius 2 is 1.91 bits per heavy atom. The number of rotatable bonds is 7. The third-order valence-corrected chi connectivity index (χ3v) is 5.91. The number of carbonyl (C=O) groups excluding carboxylic acids is 2. The number of pyridine rings is 2. The molecule has 3 aromatic heterocycles. The van der Waals surface area contributed by atoms with Crippen molar-refractivity contribution in [3.63, 3.8) is 0 Å². The molecule has 4 aromatic rings. The lowest BCUT2D eigenvalue weighted by Gasteiger charge is -2.12. The lowest BCUT2D eigenvalue weighted by atomic mass is 10.1. The van der Waals surface area contributed by atoms with Crippen LogP contribution in [-0.4, -0.2) is 57.2 Å². The van der Waals surface area contributed by atoms with Gasteiger partial charge in [0.25, 0.3) is 11.8 Å². The van der Waals surface area contributed by atoms with E-state index in [4.69, 9.17) is 9.72 Å². The second kappa shape index (κ2) is 9.17. The van der Waals surface area contributed by atoms with Gasteiger partial charge in [-0.1, -0.05) is 6.07 Å². The van der Waals surface area contributed by atoms with Crippen molar-refractivity contribution in [3.8, 4) is 11.6 Å². The summed E-state index contributed by atoms with van der Waals surface area (Å²) in [6.45, 7) is 1.83. The molecule has 0 spiro atoms. The highest BCUT2D eigenvalue weighted by Gasteiger charge is 2.29. The molecule has 1 saturated carbocycles. The van der Waals surface area contributed by atoms with E-state index >= 15 is 0 Å². The van der Waals surface area contributed by atoms with Crippen molar-refractivity contribution in [1.29, 1.82) is 0 Å². The highest BCUT2D eigenvalue weighted by molar-refractivity contribution is 6.12. The average molecular weight is 471 g/mol. The summed E-state index contributed by atoms with van der Waals surface area (Å²) in [4.78, 5) is 35.9. The van der Waals surface area contributed by atoms with E-state index < -0.39 is 0 Å². The van der Waals surface area contributed by atoms with Crippen LogP contribution >= 0.6 is 0 Å². The molecule has 0 atom stereocenters. The van der Waals surface area contributed by atoms with Gasteiger partial charge in [-0.15, -0.1) is 0 Å². The Kier molecular flexibility index (Phi) is 5.90. The van der Waals surface area contributed by atoms with E-state index in [1.807, 2.05) is 31.2 Å². The topological polar surface area (TPSA) is 102 Å². The molecule has 35 heavy (non-hydrogen) atoms. The van der Waals surface area contributed by atoms with Gasteiger partial charge in [0.2, 0.25) is 0 Å². The molecule has 1 N–H and O–H groups in total. The maximum atomic E-state index is 13.4. The minimum Gasteiger partial charge on any atom is -0.484 e. The number of hydrogen-bond donors (Lipinski definition) is 1. The molecular formula is C26H26N6O3. The van der Waals surface area contributed by atoms with Gasteiger partial charge in [0, 0.05) is 37.6 Å². The Hall–Kier alpha value is -4.27. The van der Waals surface area contributed by atoms with Crippen LogP contribution in [0.25, 0.3) is 16.9 Å². The van der Waals surface area contributed by atoms with Crippen molar-refractivity contribution in [1.82, 2.24) is 24.6 Å². The molecule has 0 bridgehead atoms. The van der Waals surface area contributed by atoms with E-state index in [-0.39, 0.29) is 18.4 Å². The lowest BCUT2D eigenvalue weighted by molar-refractivity contribution is -0.130. The molecule has 0 saturated heterocycles. The molecule has 9 heteroatoms. The zero-order valence-electron chi connectivity index (χ0n) is 19.9. The molecule has 1 aliphatic rings. The number of anilines is 1. The first-order valence-corrected chi connectivity index (χ1v) is 11.5. The van der Waals surface area contributed by atoms with Gasteiger partial charge < -0.3 is 15.0 Å². The van der Waals surface area contributed by atoms with Gasteiger partial charge in [0.1, 0.15) is 5.75 Å². The molecule has 0 radical (unpaired) electrons. The standard InChI is InChI=1S/C26H26N6O3/c1-16-24-20(26(34)28-18-9-11-19(12-10-18)35-15-23(33)31(2)3)14-21(17-7-8-17)29-25(24)32(30-16)22-6-4-5-13-27-22/h4-6,9-14,17H,7-8,15H2,1-3H3,(H,28,34). The number of aromatic nitrogens is 4. The average Bonchev–Trinajstić information content (AvgIpc) is 3.67. The minimum absolute atomic E-state index is 0.0445. The first-order chi connectivity index (χ1) is 16.9. The van der Waals surface area contributed by atoms with Gasteiger partial charge in [0.05, 0.1) is 16.6 Å². The largest absolute Gasteiger partial charge is 0.484 e. The summed E-state index contributed by atoms with van der Waals surface area (Å²) >= 11 is 0. The predicted molar refractivity (Wildman–Crippen MR) is 132 cm³/mol. The number of likely N-dealkylation sites (N-methyl/N-ethyl adjacent to an activating group) is 1. The van der Waals surface area contributed by atoms with Gasteiger partial charge in [0.15, 0.2) is 18.1 Å². The molecule has 178 valence electrons. The SMILES string of the molecule is Cc1nn(-c2ccccn2)c2nc(C3CC3)cc(C(=O)Nc3ccc(OCC(=O)N(C)C)cc3)c12. The molecule has 0 aliphatic heterocycles.